The molecule has 0 unspecified atom stereocenters. The Balaban J connectivity index is 0. The van der Waals surface area contributed by atoms with Gasteiger partial charge in [0, 0.05) is 11.5 Å². The van der Waals surface area contributed by atoms with E-state index in [1.54, 1.807) is 5.16 Å². The van der Waals surface area contributed by atoms with Gasteiger partial charge in [-0.2, -0.15) is 0 Å². The van der Waals surface area contributed by atoms with Crippen LogP contribution in [0, 0.1) is 5.41 Å². The minimum absolute atomic E-state index is 0.709. The highest BCUT2D eigenvalue weighted by molar-refractivity contribution is 8.88. The maximum atomic E-state index is 10.9. The first-order chi connectivity index (χ1) is 5.54. The molecule has 0 aromatic heterocycles. The van der Waals surface area contributed by atoms with Crippen molar-refractivity contribution in [2.24, 2.45) is 0 Å². The number of hydrogen-bond acceptors (Lipinski definition) is 5. The van der Waals surface area contributed by atoms with Gasteiger partial charge in [0.1, 0.15) is 0 Å². The van der Waals surface area contributed by atoms with Crippen LogP contribution in [0.25, 0.3) is 0 Å². The molecule has 0 aromatic rings. The summed E-state index contributed by atoms with van der Waals surface area (Å²) in [7, 11) is 0. The molecule has 0 aromatic carbocycles. The van der Waals surface area contributed by atoms with Crippen LogP contribution in [-0.2, 0) is 4.57 Å². The average Bonchev–Trinajstić information content (AvgIpc) is 1.88. The lowest BCUT2D eigenvalue weighted by molar-refractivity contribution is 0.514. The van der Waals surface area contributed by atoms with E-state index >= 15 is 0 Å². The highest BCUT2D eigenvalue weighted by atomic mass is 33.1. The van der Waals surface area contributed by atoms with Gasteiger partial charge >= 0.3 is 5.77 Å². The molecule has 0 rings (SSSR count). The van der Waals surface area contributed by atoms with Crippen molar-refractivity contribution in [2.75, 3.05) is 11.5 Å². The van der Waals surface area contributed by atoms with Gasteiger partial charge in [-0.3, -0.25) is 4.57 Å². The second-order valence-electron chi connectivity index (χ2n) is 1.41. The molecule has 2 N–H and O–H groups in total. The summed E-state index contributed by atoms with van der Waals surface area (Å²) < 4.78 is 10.9. The van der Waals surface area contributed by atoms with Crippen molar-refractivity contribution in [3.8, 4) is 0 Å². The van der Waals surface area contributed by atoms with Crippen LogP contribution in [0.2, 0.25) is 0 Å². The molecule has 0 bridgehead atoms. The Kier molecular flexibility index (Phi) is 12.4. The Morgan fingerprint density at radius 1 is 1.50 bits per heavy atom. The van der Waals surface area contributed by atoms with E-state index in [4.69, 9.17) is 10.3 Å². The number of hydrogen-bond donors (Lipinski definition) is 2. The van der Waals surface area contributed by atoms with Crippen molar-refractivity contribution in [3.63, 3.8) is 0 Å². The third kappa shape index (κ3) is 13.3. The van der Waals surface area contributed by atoms with E-state index in [-0.39, 0.29) is 0 Å². The van der Waals surface area contributed by atoms with Gasteiger partial charge in [-0.1, -0.05) is 36.6 Å². The summed E-state index contributed by atoms with van der Waals surface area (Å²) >= 11 is 6.07. The number of thiocarbonyl (C=S) groups is 1. The monoisotopic (exact) mass is 245 g/mol. The molecule has 12 heavy (non-hydrogen) atoms. The lowest BCUT2D eigenvalue weighted by atomic mass is 11.0. The fourth-order valence-corrected chi connectivity index (χ4v) is 5.84. The summed E-state index contributed by atoms with van der Waals surface area (Å²) in [6.45, 7) is 3.76. The fourth-order valence-electron chi connectivity index (χ4n) is 0.364. The van der Waals surface area contributed by atoms with Crippen LogP contribution in [-0.4, -0.2) is 21.6 Å². The molecule has 0 fully saturated rings. The lowest BCUT2D eigenvalue weighted by Crippen LogP contribution is -1.70. The van der Waals surface area contributed by atoms with Crippen molar-refractivity contribution in [2.45, 2.75) is 13.8 Å². The molecule has 0 amide bonds. The van der Waals surface area contributed by atoms with Gasteiger partial charge in [-0.05, 0) is 12.2 Å². The molecule has 0 radical (unpaired) electrons. The van der Waals surface area contributed by atoms with Crippen LogP contribution in [0.1, 0.15) is 13.8 Å². The summed E-state index contributed by atoms with van der Waals surface area (Å²) in [5, 5.41) is 7.36. The molecule has 0 saturated heterocycles. The Labute approximate surface area is 86.2 Å². The van der Waals surface area contributed by atoms with Gasteiger partial charge in [0.25, 0.3) is 0 Å². The third-order valence-corrected chi connectivity index (χ3v) is 7.16. The molecule has 72 valence electrons. The van der Waals surface area contributed by atoms with Gasteiger partial charge in [0.2, 0.25) is 0 Å². The normalized spacial score (nSPS) is 9.58. The van der Waals surface area contributed by atoms with Crippen LogP contribution in [0.3, 0.4) is 0 Å². The summed E-state index contributed by atoms with van der Waals surface area (Å²) in [5.74, 6) is -1.44. The van der Waals surface area contributed by atoms with Crippen LogP contribution < -0.4 is 0 Å². The van der Waals surface area contributed by atoms with Crippen molar-refractivity contribution in [3.05, 3.63) is 0 Å². The molecule has 0 aliphatic rings. The second kappa shape index (κ2) is 9.78. The fraction of sp³-hybridized carbons (Fsp3) is 0.800. The smallest absolute Gasteiger partial charge is 0.310 e. The highest BCUT2D eigenvalue weighted by Gasteiger charge is 2.16. The standard InChI is InChI=1S/C4H11O2PS2.CHNS/c1-3-8-7(5,6)9-4-2;2-1-3/h3-4H2,1-2H3,(H,5,6);2H. The van der Waals surface area contributed by atoms with E-state index in [0.29, 0.717) is 11.5 Å². The zero-order chi connectivity index (χ0) is 10.0. The van der Waals surface area contributed by atoms with Gasteiger partial charge in [-0.25, -0.2) is 5.41 Å². The quantitative estimate of drug-likeness (QED) is 0.452. The highest BCUT2D eigenvalue weighted by Crippen LogP contribution is 2.65. The molecule has 0 heterocycles. The van der Waals surface area contributed by atoms with Crippen LogP contribution in [0.4, 0.5) is 0 Å². The topological polar surface area (TPSA) is 61.1 Å². The summed E-state index contributed by atoms with van der Waals surface area (Å²) in [6, 6.07) is 0. The van der Waals surface area contributed by atoms with E-state index < -0.39 is 5.77 Å². The molecule has 0 atom stereocenters. The first kappa shape index (κ1) is 15.2. The molecule has 0 aliphatic heterocycles. The first-order valence-corrected chi connectivity index (χ1v) is 8.44. The largest absolute Gasteiger partial charge is 0.329 e. The summed E-state index contributed by atoms with van der Waals surface area (Å²) in [6.07, 6.45) is 0. The molecular weight excluding hydrogens is 233 g/mol. The molecule has 7 heteroatoms. The maximum absolute atomic E-state index is 10.9. The van der Waals surface area contributed by atoms with Gasteiger partial charge in [-0.15, -0.1) is 0 Å². The predicted molar refractivity (Wildman–Crippen MR) is 61.4 cm³/mol. The summed E-state index contributed by atoms with van der Waals surface area (Å²) in [4.78, 5) is 9.00. The van der Waals surface area contributed by atoms with Crippen molar-refractivity contribution in [1.29, 1.82) is 5.41 Å². The second-order valence-corrected chi connectivity index (χ2v) is 9.43. The van der Waals surface area contributed by atoms with Crippen molar-refractivity contribution in [1.82, 2.24) is 0 Å². The molecule has 0 spiro atoms. The molecule has 0 aliphatic carbocycles. The average molecular weight is 245 g/mol. The summed E-state index contributed by atoms with van der Waals surface area (Å²) in [5.41, 5.74) is 0. The first-order valence-electron chi connectivity index (χ1n) is 3.19. The lowest BCUT2D eigenvalue weighted by Gasteiger charge is -2.04. The van der Waals surface area contributed by atoms with Crippen LogP contribution in [0.15, 0.2) is 0 Å². The Hall–Kier alpha value is 0.690. The van der Waals surface area contributed by atoms with Crippen LogP contribution >= 0.6 is 40.8 Å². The Bertz CT molecular complexity index is 172. The van der Waals surface area contributed by atoms with Crippen molar-refractivity contribution >= 4 is 45.9 Å². The Morgan fingerprint density at radius 3 is 1.92 bits per heavy atom. The number of isothiocyanates is 1. The SMILES string of the molecule is CCSP(=O)(O)SCC.N=C=S. The van der Waals surface area contributed by atoms with E-state index in [0.717, 1.165) is 22.8 Å². The minimum atomic E-state index is -2.86. The number of nitrogens with one attached hydrogen (secondary N) is 1. The maximum Gasteiger partial charge on any atom is 0.310 e. The van der Waals surface area contributed by atoms with Gasteiger partial charge < -0.3 is 4.89 Å². The van der Waals surface area contributed by atoms with Gasteiger partial charge in [0.15, 0.2) is 0 Å². The molecule has 0 saturated carbocycles. The van der Waals surface area contributed by atoms with E-state index in [2.05, 4.69) is 12.2 Å². The van der Waals surface area contributed by atoms with E-state index in [9.17, 15) is 4.57 Å². The van der Waals surface area contributed by atoms with E-state index in [1.165, 1.54) is 0 Å². The minimum Gasteiger partial charge on any atom is -0.329 e. The molecular formula is C5H12NO2PS3. The zero-order valence-corrected chi connectivity index (χ0v) is 10.3. The third-order valence-electron chi connectivity index (χ3n) is 0.584. The predicted octanol–water partition coefficient (Wildman–Crippen LogP) is 3.26. The van der Waals surface area contributed by atoms with E-state index in [1.807, 2.05) is 13.8 Å². The number of rotatable bonds is 4. The Morgan fingerprint density at radius 2 is 1.75 bits per heavy atom. The van der Waals surface area contributed by atoms with Crippen LogP contribution in [0.5, 0.6) is 0 Å². The van der Waals surface area contributed by atoms with Crippen molar-refractivity contribution < 1.29 is 9.46 Å². The van der Waals surface area contributed by atoms with Gasteiger partial charge in [0.05, 0.1) is 5.16 Å². The zero-order valence-electron chi connectivity index (χ0n) is 6.94. The molecule has 3 nitrogen and oxygen atoms in total.